The molecule has 1 atom stereocenters. The molecule has 1 aromatic carbocycles. The van der Waals surface area contributed by atoms with Crippen LogP contribution in [0.2, 0.25) is 0 Å². The van der Waals surface area contributed by atoms with Crippen LogP contribution in [0, 0.1) is 0 Å². The molecule has 5 heteroatoms. The Hall–Kier alpha value is -2.04. The molecule has 1 aromatic rings. The Kier molecular flexibility index (Phi) is 4.92. The third-order valence-corrected chi connectivity index (χ3v) is 2.06. The third kappa shape index (κ3) is 5.42. The quantitative estimate of drug-likeness (QED) is 0.475. The monoisotopic (exact) mass is 262 g/mol. The van der Waals surface area contributed by atoms with Crippen molar-refractivity contribution in [1.29, 1.82) is 0 Å². The van der Waals surface area contributed by atoms with Gasteiger partial charge in [-0.2, -0.15) is 10.2 Å². The van der Waals surface area contributed by atoms with Crippen molar-refractivity contribution in [3.8, 4) is 0 Å². The van der Waals surface area contributed by atoms with E-state index in [1.807, 2.05) is 6.07 Å². The molecule has 0 aliphatic carbocycles. The molecule has 0 spiro atoms. The van der Waals surface area contributed by atoms with E-state index in [-0.39, 0.29) is 0 Å². The second-order valence-corrected chi connectivity index (χ2v) is 5.10. The number of azo groups is 1. The Morgan fingerprint density at radius 1 is 1.16 bits per heavy atom. The predicted molar refractivity (Wildman–Crippen MR) is 71.3 cm³/mol. The molecule has 0 radical (unpaired) electrons. The lowest BCUT2D eigenvalue weighted by atomic mass is 10.1. The van der Waals surface area contributed by atoms with Crippen molar-refractivity contribution in [2.24, 2.45) is 10.2 Å². The maximum absolute atomic E-state index is 11.8. The number of ether oxygens (including phenoxy) is 1. The summed E-state index contributed by atoms with van der Waals surface area (Å²) in [4.78, 5) is 23.3. The van der Waals surface area contributed by atoms with Crippen LogP contribution in [0.1, 0.15) is 27.7 Å². The molecular formula is C14H18N2O3. The van der Waals surface area contributed by atoms with E-state index in [2.05, 4.69) is 10.2 Å². The smallest absolute Gasteiger partial charge is 0.341 e. The van der Waals surface area contributed by atoms with Crippen molar-refractivity contribution in [2.75, 3.05) is 0 Å². The molecule has 0 saturated heterocycles. The molecule has 102 valence electrons. The molecule has 0 bridgehead atoms. The van der Waals surface area contributed by atoms with E-state index >= 15 is 0 Å². The van der Waals surface area contributed by atoms with Crippen LogP contribution in [0.5, 0.6) is 0 Å². The van der Waals surface area contributed by atoms with Crippen molar-refractivity contribution in [3.05, 3.63) is 30.3 Å². The fourth-order valence-electron chi connectivity index (χ4n) is 1.27. The summed E-state index contributed by atoms with van der Waals surface area (Å²) in [7, 11) is 0. The fourth-order valence-corrected chi connectivity index (χ4v) is 1.27. The molecule has 0 aromatic heterocycles. The van der Waals surface area contributed by atoms with Gasteiger partial charge in [0.05, 0.1) is 5.69 Å². The SMILES string of the molecule is CC(=O)C(N=Nc1ccccc1)C(=O)OC(C)(C)C. The van der Waals surface area contributed by atoms with Crippen molar-refractivity contribution >= 4 is 17.4 Å². The normalized spacial score (nSPS) is 13.3. The number of ketones is 1. The van der Waals surface area contributed by atoms with Gasteiger partial charge in [0, 0.05) is 0 Å². The standard InChI is InChI=1S/C14H18N2O3/c1-10(17)12(13(18)19-14(2,3)4)16-15-11-8-6-5-7-9-11/h5-9,12H,1-4H3. The zero-order valence-corrected chi connectivity index (χ0v) is 11.6. The minimum absolute atomic E-state index is 0.395. The predicted octanol–water partition coefficient (Wildman–Crippen LogP) is 3.07. The Bertz CT molecular complexity index is 475. The van der Waals surface area contributed by atoms with E-state index in [4.69, 9.17) is 4.74 Å². The number of hydrogen-bond acceptors (Lipinski definition) is 5. The molecule has 0 fully saturated rings. The van der Waals surface area contributed by atoms with Gasteiger partial charge < -0.3 is 4.74 Å². The first-order valence-corrected chi connectivity index (χ1v) is 5.99. The van der Waals surface area contributed by atoms with Crippen LogP contribution in [0.25, 0.3) is 0 Å². The van der Waals surface area contributed by atoms with Crippen molar-refractivity contribution < 1.29 is 14.3 Å². The summed E-state index contributed by atoms with van der Waals surface area (Å²) in [6.45, 7) is 6.49. The molecule has 19 heavy (non-hydrogen) atoms. The van der Waals surface area contributed by atoms with Crippen LogP contribution in [-0.2, 0) is 14.3 Å². The molecule has 1 rings (SSSR count). The number of nitrogens with zero attached hydrogens (tertiary/aromatic N) is 2. The van der Waals surface area contributed by atoms with Crippen LogP contribution in [0.3, 0.4) is 0 Å². The third-order valence-electron chi connectivity index (χ3n) is 2.06. The zero-order chi connectivity index (χ0) is 14.5. The summed E-state index contributed by atoms with van der Waals surface area (Å²) < 4.78 is 5.14. The van der Waals surface area contributed by atoms with E-state index in [1.165, 1.54) is 6.92 Å². The van der Waals surface area contributed by atoms with Crippen LogP contribution < -0.4 is 0 Å². The van der Waals surface area contributed by atoms with E-state index in [9.17, 15) is 9.59 Å². The first kappa shape index (κ1) is 15.0. The summed E-state index contributed by atoms with van der Waals surface area (Å²) in [6, 6.07) is 7.69. The first-order chi connectivity index (χ1) is 8.79. The highest BCUT2D eigenvalue weighted by Crippen LogP contribution is 2.14. The molecular weight excluding hydrogens is 244 g/mol. The maximum atomic E-state index is 11.8. The van der Waals surface area contributed by atoms with Gasteiger partial charge in [-0.1, -0.05) is 18.2 Å². The van der Waals surface area contributed by atoms with E-state index in [0.717, 1.165) is 0 Å². The number of hydrogen-bond donors (Lipinski definition) is 0. The van der Waals surface area contributed by atoms with E-state index in [1.54, 1.807) is 45.0 Å². The number of benzene rings is 1. The summed E-state index contributed by atoms with van der Waals surface area (Å²) in [6.07, 6.45) is 0. The van der Waals surface area contributed by atoms with Crippen molar-refractivity contribution in [2.45, 2.75) is 39.3 Å². The molecule has 0 saturated carbocycles. The maximum Gasteiger partial charge on any atom is 0.341 e. The van der Waals surface area contributed by atoms with Crippen LogP contribution >= 0.6 is 0 Å². The van der Waals surface area contributed by atoms with Gasteiger partial charge >= 0.3 is 5.97 Å². The van der Waals surface area contributed by atoms with Gasteiger partial charge in [-0.05, 0) is 39.8 Å². The highest BCUT2D eigenvalue weighted by Gasteiger charge is 2.28. The second-order valence-electron chi connectivity index (χ2n) is 5.10. The molecule has 0 aliphatic heterocycles. The number of carbonyl (C=O) groups is 2. The van der Waals surface area contributed by atoms with Gasteiger partial charge in [-0.15, -0.1) is 0 Å². The van der Waals surface area contributed by atoms with Crippen LogP contribution in [0.4, 0.5) is 5.69 Å². The highest BCUT2D eigenvalue weighted by molar-refractivity contribution is 6.02. The summed E-state index contributed by atoms with van der Waals surface area (Å²) >= 11 is 0. The van der Waals surface area contributed by atoms with E-state index in [0.29, 0.717) is 5.69 Å². The average Bonchev–Trinajstić information content (AvgIpc) is 2.27. The molecule has 0 aliphatic rings. The lowest BCUT2D eigenvalue weighted by molar-refractivity contribution is -0.157. The first-order valence-electron chi connectivity index (χ1n) is 5.99. The van der Waals surface area contributed by atoms with Crippen molar-refractivity contribution in [1.82, 2.24) is 0 Å². The van der Waals surface area contributed by atoms with Gasteiger partial charge in [0.25, 0.3) is 0 Å². The van der Waals surface area contributed by atoms with E-state index < -0.39 is 23.4 Å². The van der Waals surface area contributed by atoms with Crippen LogP contribution in [0.15, 0.2) is 40.6 Å². The average molecular weight is 262 g/mol. The Balaban J connectivity index is 2.82. The molecule has 0 amide bonds. The van der Waals surface area contributed by atoms with Gasteiger partial charge in [-0.25, -0.2) is 4.79 Å². The molecule has 0 heterocycles. The van der Waals surface area contributed by atoms with Gasteiger partial charge in [0.2, 0.25) is 6.04 Å². The Morgan fingerprint density at radius 3 is 2.21 bits per heavy atom. The number of rotatable bonds is 4. The summed E-state index contributed by atoms with van der Waals surface area (Å²) in [5, 5.41) is 7.66. The Labute approximate surface area is 112 Å². The zero-order valence-electron chi connectivity index (χ0n) is 11.6. The molecule has 5 nitrogen and oxygen atoms in total. The topological polar surface area (TPSA) is 68.1 Å². The second kappa shape index (κ2) is 6.22. The largest absolute Gasteiger partial charge is 0.458 e. The summed E-state index contributed by atoms with van der Waals surface area (Å²) in [5.41, 5.74) is -0.0788. The Morgan fingerprint density at radius 2 is 1.74 bits per heavy atom. The fraction of sp³-hybridized carbons (Fsp3) is 0.429. The molecule has 1 unspecified atom stereocenters. The lowest BCUT2D eigenvalue weighted by Gasteiger charge is -2.20. The number of Topliss-reactive ketones (excluding diaryl/α,β-unsaturated/α-hetero) is 1. The van der Waals surface area contributed by atoms with Crippen molar-refractivity contribution in [3.63, 3.8) is 0 Å². The van der Waals surface area contributed by atoms with Crippen LogP contribution in [-0.4, -0.2) is 23.4 Å². The van der Waals surface area contributed by atoms with Gasteiger partial charge in [0.15, 0.2) is 5.78 Å². The highest BCUT2D eigenvalue weighted by atomic mass is 16.6. The lowest BCUT2D eigenvalue weighted by Crippen LogP contribution is -2.34. The molecule has 0 N–H and O–H groups in total. The number of carbonyl (C=O) groups excluding carboxylic acids is 2. The minimum atomic E-state index is -1.21. The number of esters is 1. The van der Waals surface area contributed by atoms with Gasteiger partial charge in [-0.3, -0.25) is 4.79 Å². The minimum Gasteiger partial charge on any atom is -0.458 e. The summed E-state index contributed by atoms with van der Waals surface area (Å²) in [5.74, 6) is -1.08. The van der Waals surface area contributed by atoms with Gasteiger partial charge in [0.1, 0.15) is 5.60 Å².